The molecule has 1 aromatic rings. The van der Waals surface area contributed by atoms with Gasteiger partial charge in [-0.15, -0.1) is 0 Å². The van der Waals surface area contributed by atoms with Gasteiger partial charge in [-0.3, -0.25) is 9.59 Å². The molecule has 1 N–H and O–H groups in total. The molecule has 0 bridgehead atoms. The summed E-state index contributed by atoms with van der Waals surface area (Å²) in [5.41, 5.74) is 0.690. The molecule has 0 fully saturated rings. The van der Waals surface area contributed by atoms with Gasteiger partial charge in [0.15, 0.2) is 0 Å². The highest BCUT2D eigenvalue weighted by atomic mass is 19.1. The Balaban J connectivity index is 2.80. The predicted molar refractivity (Wildman–Crippen MR) is 73.5 cm³/mol. The Morgan fingerprint density at radius 1 is 1.30 bits per heavy atom. The molecule has 4 nitrogen and oxygen atoms in total. The molecule has 0 aromatic heterocycles. The Morgan fingerprint density at radius 2 is 1.95 bits per heavy atom. The Kier molecular flexibility index (Phi) is 5.67. The summed E-state index contributed by atoms with van der Waals surface area (Å²) >= 11 is 0. The quantitative estimate of drug-likeness (QED) is 0.871. The molecule has 110 valence electrons. The summed E-state index contributed by atoms with van der Waals surface area (Å²) in [5, 5.41) is 8.96. The number of hydrogen-bond donors (Lipinski definition) is 1. The van der Waals surface area contributed by atoms with Gasteiger partial charge in [0.2, 0.25) is 5.91 Å². The minimum Gasteiger partial charge on any atom is -0.481 e. The lowest BCUT2D eigenvalue weighted by Crippen LogP contribution is -2.38. The van der Waals surface area contributed by atoms with Gasteiger partial charge in [-0.25, -0.2) is 4.39 Å². The molecule has 1 rings (SSSR count). The second kappa shape index (κ2) is 7.03. The Bertz CT molecular complexity index is 490. The molecule has 0 heterocycles. The minimum absolute atomic E-state index is 0.230. The van der Waals surface area contributed by atoms with Crippen molar-refractivity contribution in [2.45, 2.75) is 27.3 Å². The lowest BCUT2D eigenvalue weighted by Gasteiger charge is -2.26. The number of carbonyl (C=O) groups is 2. The number of carboxylic acid groups (broad SMARTS) is 1. The van der Waals surface area contributed by atoms with Crippen LogP contribution in [0.25, 0.3) is 0 Å². The van der Waals surface area contributed by atoms with E-state index in [4.69, 9.17) is 5.11 Å². The standard InChI is InChI=1S/C15H20FNO3/c1-4-17(9-12-6-5-7-13(16)8-12)14(18)10(2)11(3)15(19)20/h5-8,10-11H,4,9H2,1-3H3,(H,19,20). The molecule has 0 aliphatic carbocycles. The van der Waals surface area contributed by atoms with E-state index in [0.717, 1.165) is 0 Å². The van der Waals surface area contributed by atoms with Crippen molar-refractivity contribution in [2.24, 2.45) is 11.8 Å². The molecule has 1 amide bonds. The zero-order chi connectivity index (χ0) is 15.3. The van der Waals surface area contributed by atoms with E-state index in [-0.39, 0.29) is 18.3 Å². The number of hydrogen-bond acceptors (Lipinski definition) is 2. The van der Waals surface area contributed by atoms with Gasteiger partial charge in [0.25, 0.3) is 0 Å². The Hall–Kier alpha value is -1.91. The zero-order valence-electron chi connectivity index (χ0n) is 12.0. The number of nitrogens with zero attached hydrogens (tertiary/aromatic N) is 1. The summed E-state index contributed by atoms with van der Waals surface area (Å²) in [5.74, 6) is -2.93. The fraction of sp³-hybridized carbons (Fsp3) is 0.467. The van der Waals surface area contributed by atoms with Crippen molar-refractivity contribution in [1.82, 2.24) is 4.90 Å². The maximum atomic E-state index is 13.1. The molecule has 2 atom stereocenters. The highest BCUT2D eigenvalue weighted by molar-refractivity contribution is 5.84. The third-order valence-electron chi connectivity index (χ3n) is 3.48. The van der Waals surface area contributed by atoms with Gasteiger partial charge in [-0.05, 0) is 24.6 Å². The third kappa shape index (κ3) is 4.05. The van der Waals surface area contributed by atoms with E-state index in [1.807, 2.05) is 6.92 Å². The van der Waals surface area contributed by atoms with Crippen LogP contribution in [-0.2, 0) is 16.1 Å². The number of aliphatic carboxylic acids is 1. The lowest BCUT2D eigenvalue weighted by molar-refractivity contribution is -0.149. The van der Waals surface area contributed by atoms with Crippen LogP contribution in [0.2, 0.25) is 0 Å². The highest BCUT2D eigenvalue weighted by Gasteiger charge is 2.28. The summed E-state index contributed by atoms with van der Waals surface area (Å²) < 4.78 is 13.1. The first-order valence-electron chi connectivity index (χ1n) is 6.62. The van der Waals surface area contributed by atoms with E-state index in [2.05, 4.69) is 0 Å². The number of carboxylic acids is 1. The molecular formula is C15H20FNO3. The van der Waals surface area contributed by atoms with Crippen molar-refractivity contribution in [3.05, 3.63) is 35.6 Å². The Morgan fingerprint density at radius 3 is 2.45 bits per heavy atom. The lowest BCUT2D eigenvalue weighted by atomic mass is 9.94. The van der Waals surface area contributed by atoms with Crippen molar-refractivity contribution in [3.8, 4) is 0 Å². The number of amides is 1. The van der Waals surface area contributed by atoms with E-state index in [1.165, 1.54) is 19.1 Å². The van der Waals surface area contributed by atoms with Gasteiger partial charge < -0.3 is 10.0 Å². The molecule has 2 unspecified atom stereocenters. The molecular weight excluding hydrogens is 261 g/mol. The van der Waals surface area contributed by atoms with E-state index in [9.17, 15) is 14.0 Å². The predicted octanol–water partition coefficient (Wildman–Crippen LogP) is 2.53. The maximum absolute atomic E-state index is 13.1. The number of carbonyl (C=O) groups excluding carboxylic acids is 1. The zero-order valence-corrected chi connectivity index (χ0v) is 12.0. The van der Waals surface area contributed by atoms with Crippen LogP contribution in [0.1, 0.15) is 26.3 Å². The Labute approximate surface area is 118 Å². The van der Waals surface area contributed by atoms with E-state index in [0.29, 0.717) is 12.1 Å². The first-order valence-corrected chi connectivity index (χ1v) is 6.62. The summed E-state index contributed by atoms with van der Waals surface area (Å²) in [6.07, 6.45) is 0. The summed E-state index contributed by atoms with van der Waals surface area (Å²) in [4.78, 5) is 24.8. The highest BCUT2D eigenvalue weighted by Crippen LogP contribution is 2.17. The number of halogens is 1. The minimum atomic E-state index is -0.993. The van der Waals surface area contributed by atoms with Gasteiger partial charge in [-0.1, -0.05) is 26.0 Å². The van der Waals surface area contributed by atoms with Crippen LogP contribution < -0.4 is 0 Å². The van der Waals surface area contributed by atoms with Crippen LogP contribution in [0, 0.1) is 17.7 Å². The molecule has 0 saturated heterocycles. The van der Waals surface area contributed by atoms with E-state index >= 15 is 0 Å². The van der Waals surface area contributed by atoms with E-state index in [1.54, 1.807) is 24.0 Å². The normalized spacial score (nSPS) is 13.6. The molecule has 0 saturated carbocycles. The van der Waals surface area contributed by atoms with Crippen LogP contribution >= 0.6 is 0 Å². The van der Waals surface area contributed by atoms with Gasteiger partial charge >= 0.3 is 5.97 Å². The van der Waals surface area contributed by atoms with Crippen LogP contribution in [-0.4, -0.2) is 28.4 Å². The number of benzene rings is 1. The maximum Gasteiger partial charge on any atom is 0.307 e. The smallest absolute Gasteiger partial charge is 0.307 e. The molecule has 0 spiro atoms. The summed E-state index contributed by atoms with van der Waals surface area (Å²) in [6.45, 7) is 5.67. The molecule has 1 aromatic carbocycles. The summed E-state index contributed by atoms with van der Waals surface area (Å²) in [6, 6.07) is 6.05. The van der Waals surface area contributed by atoms with Crippen LogP contribution in [0.5, 0.6) is 0 Å². The van der Waals surface area contributed by atoms with Crippen molar-refractivity contribution in [2.75, 3.05) is 6.54 Å². The second-order valence-corrected chi connectivity index (χ2v) is 4.90. The second-order valence-electron chi connectivity index (χ2n) is 4.90. The molecule has 20 heavy (non-hydrogen) atoms. The van der Waals surface area contributed by atoms with Crippen LogP contribution in [0.15, 0.2) is 24.3 Å². The van der Waals surface area contributed by atoms with Crippen molar-refractivity contribution in [3.63, 3.8) is 0 Å². The van der Waals surface area contributed by atoms with Crippen molar-refractivity contribution < 1.29 is 19.1 Å². The average Bonchev–Trinajstić information content (AvgIpc) is 2.42. The van der Waals surface area contributed by atoms with Crippen molar-refractivity contribution in [1.29, 1.82) is 0 Å². The molecule has 0 radical (unpaired) electrons. The average molecular weight is 281 g/mol. The van der Waals surface area contributed by atoms with Gasteiger partial charge in [0.1, 0.15) is 5.82 Å². The largest absolute Gasteiger partial charge is 0.481 e. The third-order valence-corrected chi connectivity index (χ3v) is 3.48. The fourth-order valence-corrected chi connectivity index (χ4v) is 1.92. The number of rotatable bonds is 6. The van der Waals surface area contributed by atoms with Crippen molar-refractivity contribution >= 4 is 11.9 Å². The molecule has 0 aliphatic heterocycles. The van der Waals surface area contributed by atoms with Gasteiger partial charge in [0, 0.05) is 19.0 Å². The van der Waals surface area contributed by atoms with E-state index < -0.39 is 17.8 Å². The first-order chi connectivity index (χ1) is 9.36. The topological polar surface area (TPSA) is 57.6 Å². The monoisotopic (exact) mass is 281 g/mol. The van der Waals surface area contributed by atoms with Gasteiger partial charge in [0.05, 0.1) is 5.92 Å². The SMILES string of the molecule is CCN(Cc1cccc(F)c1)C(=O)C(C)C(C)C(=O)O. The van der Waals surface area contributed by atoms with Gasteiger partial charge in [-0.2, -0.15) is 0 Å². The molecule has 5 heteroatoms. The fourth-order valence-electron chi connectivity index (χ4n) is 1.92. The van der Waals surface area contributed by atoms with Crippen LogP contribution in [0.4, 0.5) is 4.39 Å². The molecule has 0 aliphatic rings. The summed E-state index contributed by atoms with van der Waals surface area (Å²) in [7, 11) is 0. The first kappa shape index (κ1) is 16.1. The van der Waals surface area contributed by atoms with Crippen LogP contribution in [0.3, 0.4) is 0 Å².